The zero-order valence-electron chi connectivity index (χ0n) is 23.9. The fourth-order valence-corrected chi connectivity index (χ4v) is 5.48. The van der Waals surface area contributed by atoms with E-state index >= 15 is 0 Å². The molecule has 8 nitrogen and oxygen atoms in total. The van der Waals surface area contributed by atoms with Crippen LogP contribution in [0.25, 0.3) is 10.4 Å². The van der Waals surface area contributed by atoms with E-state index in [1.807, 2.05) is 63.5 Å². The third-order valence-electron chi connectivity index (χ3n) is 6.81. The Kier molecular flexibility index (Phi) is 10.3. The van der Waals surface area contributed by atoms with Crippen molar-refractivity contribution in [1.82, 2.24) is 20.1 Å². The van der Waals surface area contributed by atoms with E-state index in [4.69, 9.17) is 9.47 Å². The lowest BCUT2D eigenvalue weighted by Crippen LogP contribution is -2.48. The Hall–Kier alpha value is -3.27. The number of rotatable bonds is 10. The molecule has 40 heavy (non-hydrogen) atoms. The summed E-state index contributed by atoms with van der Waals surface area (Å²) in [5.41, 5.74) is 5.46. The van der Waals surface area contributed by atoms with Crippen LogP contribution in [0.1, 0.15) is 50.1 Å². The molecule has 1 aromatic heterocycles. The summed E-state index contributed by atoms with van der Waals surface area (Å²) >= 11 is 1.63. The molecule has 1 atom stereocenters. The Labute approximate surface area is 241 Å². The summed E-state index contributed by atoms with van der Waals surface area (Å²) < 4.78 is 11.0. The topological polar surface area (TPSA) is 84.0 Å². The minimum Gasteiger partial charge on any atom is -0.460 e. The minimum absolute atomic E-state index is 0.183. The number of alkyl carbamates (subject to hydrolysis) is 1. The van der Waals surface area contributed by atoms with Crippen molar-refractivity contribution in [2.75, 3.05) is 39.3 Å². The van der Waals surface area contributed by atoms with Crippen molar-refractivity contribution < 1.29 is 19.1 Å². The number of nitrogens with one attached hydrogen (secondary N) is 1. The first-order valence-electron chi connectivity index (χ1n) is 13.8. The van der Waals surface area contributed by atoms with Crippen LogP contribution in [-0.2, 0) is 20.9 Å². The van der Waals surface area contributed by atoms with Crippen molar-refractivity contribution in [3.8, 4) is 10.4 Å². The Bertz CT molecular complexity index is 1230. The lowest BCUT2D eigenvalue weighted by Gasteiger charge is -2.35. The van der Waals surface area contributed by atoms with E-state index in [0.717, 1.165) is 66.4 Å². The molecule has 0 unspecified atom stereocenters. The van der Waals surface area contributed by atoms with E-state index in [1.165, 1.54) is 0 Å². The molecule has 1 fully saturated rings. The molecule has 1 aliphatic rings. The Balaban J connectivity index is 1.29. The zero-order valence-corrected chi connectivity index (χ0v) is 24.7. The van der Waals surface area contributed by atoms with Crippen LogP contribution in [0.15, 0.2) is 60.1 Å². The molecule has 1 N–H and O–H groups in total. The van der Waals surface area contributed by atoms with E-state index in [0.29, 0.717) is 13.2 Å². The molecule has 0 bridgehead atoms. The van der Waals surface area contributed by atoms with Gasteiger partial charge in [-0.15, -0.1) is 11.3 Å². The highest BCUT2D eigenvalue weighted by molar-refractivity contribution is 7.13. The van der Waals surface area contributed by atoms with Gasteiger partial charge >= 0.3 is 12.1 Å². The molecule has 0 spiro atoms. The van der Waals surface area contributed by atoms with Gasteiger partial charge in [-0.3, -0.25) is 9.69 Å². The first kappa shape index (κ1) is 29.7. The fraction of sp³-hybridized carbons (Fsp3) is 0.452. The number of benzene rings is 2. The molecule has 214 valence electrons. The van der Waals surface area contributed by atoms with Crippen molar-refractivity contribution in [2.24, 2.45) is 0 Å². The Morgan fingerprint density at radius 1 is 1.00 bits per heavy atom. The van der Waals surface area contributed by atoms with Crippen LogP contribution in [-0.4, -0.2) is 71.7 Å². The predicted octanol–water partition coefficient (Wildman–Crippen LogP) is 5.44. The molecule has 4 rings (SSSR count). The fourth-order valence-electron chi connectivity index (χ4n) is 4.67. The van der Waals surface area contributed by atoms with E-state index < -0.39 is 11.7 Å². The maximum absolute atomic E-state index is 12.7. The maximum Gasteiger partial charge on any atom is 0.408 e. The first-order chi connectivity index (χ1) is 19.2. The van der Waals surface area contributed by atoms with Crippen molar-refractivity contribution in [2.45, 2.75) is 52.4 Å². The number of amides is 1. The summed E-state index contributed by atoms with van der Waals surface area (Å²) in [6, 6.07) is 17.9. The van der Waals surface area contributed by atoms with Gasteiger partial charge in [0.1, 0.15) is 12.2 Å². The molecular formula is C31H40N4O4S. The molecule has 1 saturated heterocycles. The number of aromatic nitrogens is 1. The summed E-state index contributed by atoms with van der Waals surface area (Å²) in [6.07, 6.45) is 0.329. The zero-order chi connectivity index (χ0) is 28.5. The van der Waals surface area contributed by atoms with Gasteiger partial charge in [0.15, 0.2) is 0 Å². The molecule has 1 aliphatic heterocycles. The van der Waals surface area contributed by atoms with Gasteiger partial charge in [0.25, 0.3) is 0 Å². The van der Waals surface area contributed by atoms with Crippen molar-refractivity contribution in [3.05, 3.63) is 76.9 Å². The molecule has 1 amide bonds. The number of carbonyl (C=O) groups is 2. The third-order valence-corrected chi connectivity index (χ3v) is 7.78. The van der Waals surface area contributed by atoms with E-state index in [2.05, 4.69) is 44.4 Å². The number of carbonyl (C=O) groups excluding carboxylic acids is 2. The van der Waals surface area contributed by atoms with Gasteiger partial charge in [-0.1, -0.05) is 54.6 Å². The van der Waals surface area contributed by atoms with Crippen LogP contribution in [0.3, 0.4) is 0 Å². The average molecular weight is 565 g/mol. The van der Waals surface area contributed by atoms with Gasteiger partial charge in [0.2, 0.25) is 0 Å². The van der Waals surface area contributed by atoms with Crippen LogP contribution in [0.5, 0.6) is 0 Å². The SMILES string of the molecule is Cc1ncsc1-c1ccc([C@H](CCN2CCN(CC(=O)OCc3ccccc3)CC2)NC(=O)OC(C)(C)C)cc1. The highest BCUT2D eigenvalue weighted by Crippen LogP contribution is 2.29. The van der Waals surface area contributed by atoms with Crippen molar-refractivity contribution in [3.63, 3.8) is 0 Å². The van der Waals surface area contributed by atoms with E-state index in [9.17, 15) is 9.59 Å². The molecule has 3 aromatic rings. The molecule has 0 saturated carbocycles. The standard InChI is InChI=1S/C31H40N4O4S/c1-23-29(40-22-32-23)26-12-10-25(11-13-26)27(33-30(37)39-31(2,3)4)14-15-34-16-18-35(19-17-34)20-28(36)38-21-24-8-6-5-7-9-24/h5-13,22,27H,14-21H2,1-4H3,(H,33,37)/t27-/m0/s1. The molecule has 2 aromatic carbocycles. The Morgan fingerprint density at radius 3 is 2.30 bits per heavy atom. The second kappa shape index (κ2) is 13.9. The number of hydrogen-bond acceptors (Lipinski definition) is 8. The average Bonchev–Trinajstić information content (AvgIpc) is 3.36. The third kappa shape index (κ3) is 9.15. The van der Waals surface area contributed by atoms with Crippen LogP contribution >= 0.6 is 11.3 Å². The maximum atomic E-state index is 12.7. The first-order valence-corrected chi connectivity index (χ1v) is 14.7. The van der Waals surface area contributed by atoms with Gasteiger partial charge in [-0.05, 0) is 50.8 Å². The molecular weight excluding hydrogens is 524 g/mol. The second-order valence-electron chi connectivity index (χ2n) is 11.1. The molecule has 0 aliphatic carbocycles. The van der Waals surface area contributed by atoms with Crippen LogP contribution in [0.2, 0.25) is 0 Å². The number of thiazole rings is 1. The highest BCUT2D eigenvalue weighted by atomic mass is 32.1. The number of esters is 1. The normalized spacial score (nSPS) is 15.4. The lowest BCUT2D eigenvalue weighted by atomic mass is 10.0. The largest absolute Gasteiger partial charge is 0.460 e. The van der Waals surface area contributed by atoms with Crippen molar-refractivity contribution >= 4 is 23.4 Å². The van der Waals surface area contributed by atoms with E-state index in [-0.39, 0.29) is 12.0 Å². The van der Waals surface area contributed by atoms with Gasteiger partial charge in [-0.25, -0.2) is 9.78 Å². The number of hydrogen-bond donors (Lipinski definition) is 1. The summed E-state index contributed by atoms with van der Waals surface area (Å²) in [6.45, 7) is 12.3. The van der Waals surface area contributed by atoms with Crippen molar-refractivity contribution in [1.29, 1.82) is 0 Å². The number of nitrogens with zero attached hydrogens (tertiary/aromatic N) is 3. The Morgan fingerprint density at radius 2 is 1.68 bits per heavy atom. The number of aryl methyl sites for hydroxylation is 1. The molecule has 2 heterocycles. The number of ether oxygens (including phenoxy) is 2. The summed E-state index contributed by atoms with van der Waals surface area (Å²) in [4.78, 5) is 35.0. The summed E-state index contributed by atoms with van der Waals surface area (Å²) in [7, 11) is 0. The number of piperazine rings is 1. The minimum atomic E-state index is -0.569. The monoisotopic (exact) mass is 564 g/mol. The lowest BCUT2D eigenvalue weighted by molar-refractivity contribution is -0.146. The van der Waals surface area contributed by atoms with Crippen LogP contribution in [0, 0.1) is 6.92 Å². The summed E-state index contributed by atoms with van der Waals surface area (Å²) in [5.74, 6) is -0.198. The van der Waals surface area contributed by atoms with Gasteiger partial charge in [-0.2, -0.15) is 0 Å². The molecule has 0 radical (unpaired) electrons. The summed E-state index contributed by atoms with van der Waals surface area (Å²) in [5, 5.41) is 3.09. The van der Waals surface area contributed by atoms with Gasteiger partial charge in [0, 0.05) is 32.7 Å². The van der Waals surface area contributed by atoms with E-state index in [1.54, 1.807) is 11.3 Å². The van der Waals surface area contributed by atoms with Crippen LogP contribution in [0.4, 0.5) is 4.79 Å². The molecule has 9 heteroatoms. The van der Waals surface area contributed by atoms with Gasteiger partial charge < -0.3 is 19.7 Å². The smallest absolute Gasteiger partial charge is 0.408 e. The quantitative estimate of drug-likeness (QED) is 0.329. The second-order valence-corrected chi connectivity index (χ2v) is 12.0. The predicted molar refractivity (Wildman–Crippen MR) is 158 cm³/mol. The van der Waals surface area contributed by atoms with Gasteiger partial charge in [0.05, 0.1) is 28.7 Å². The van der Waals surface area contributed by atoms with Crippen LogP contribution < -0.4 is 5.32 Å². The highest BCUT2D eigenvalue weighted by Gasteiger charge is 2.24.